The molecule has 0 spiro atoms. The Bertz CT molecular complexity index is 701. The number of rotatable bonds is 5. The van der Waals surface area contributed by atoms with E-state index in [9.17, 15) is 10.2 Å². The summed E-state index contributed by atoms with van der Waals surface area (Å²) < 4.78 is 0. The van der Waals surface area contributed by atoms with E-state index in [0.29, 0.717) is 34.7 Å². The van der Waals surface area contributed by atoms with Crippen LogP contribution < -0.4 is 0 Å². The van der Waals surface area contributed by atoms with Crippen LogP contribution in [0.2, 0.25) is 0 Å². The van der Waals surface area contributed by atoms with Gasteiger partial charge in [-0.2, -0.15) is 0 Å². The van der Waals surface area contributed by atoms with Crippen molar-refractivity contribution < 1.29 is 10.2 Å². The highest BCUT2D eigenvalue weighted by atomic mass is 16.3. The molecule has 0 radical (unpaired) electrons. The van der Waals surface area contributed by atoms with Gasteiger partial charge in [-0.3, -0.25) is 0 Å². The molecule has 3 rings (SSSR count). The Hall–Kier alpha value is -1.96. The van der Waals surface area contributed by atoms with Gasteiger partial charge in [0.15, 0.2) is 0 Å². The van der Waals surface area contributed by atoms with E-state index in [-0.39, 0.29) is 0 Å². The molecule has 1 atom stereocenters. The molecule has 0 saturated heterocycles. The van der Waals surface area contributed by atoms with Crippen molar-refractivity contribution in [1.82, 2.24) is 0 Å². The zero-order valence-electron chi connectivity index (χ0n) is 17.0. The Balaban J connectivity index is 1.69. The molecule has 0 bridgehead atoms. The fraction of sp³-hybridized carbons (Fsp3) is 0.520. The van der Waals surface area contributed by atoms with E-state index in [0.717, 1.165) is 0 Å². The van der Waals surface area contributed by atoms with Gasteiger partial charge in [0.1, 0.15) is 11.5 Å². The summed E-state index contributed by atoms with van der Waals surface area (Å²) in [5.41, 5.74) is 3.09. The SMILES string of the molecule is CC(C)(C)CCC(c1ccc(O)cc1)C1CCC(c2ccc(O)cc2)CC1. The second-order valence-electron chi connectivity index (χ2n) is 9.50. The summed E-state index contributed by atoms with van der Waals surface area (Å²) in [6, 6.07) is 15.7. The van der Waals surface area contributed by atoms with E-state index in [1.807, 2.05) is 24.3 Å². The number of benzene rings is 2. The van der Waals surface area contributed by atoms with Crippen molar-refractivity contribution in [3.8, 4) is 11.5 Å². The second kappa shape index (κ2) is 8.37. The van der Waals surface area contributed by atoms with Crippen LogP contribution in [0.1, 0.15) is 82.3 Å². The quantitative estimate of drug-likeness (QED) is 0.599. The molecular formula is C25H34O2. The highest BCUT2D eigenvalue weighted by Gasteiger charge is 2.30. The maximum atomic E-state index is 9.67. The summed E-state index contributed by atoms with van der Waals surface area (Å²) in [5, 5.41) is 19.2. The number of aromatic hydroxyl groups is 2. The molecule has 1 aliphatic rings. The third kappa shape index (κ3) is 5.51. The van der Waals surface area contributed by atoms with Crippen LogP contribution in [0.5, 0.6) is 11.5 Å². The molecule has 146 valence electrons. The van der Waals surface area contributed by atoms with Crippen molar-refractivity contribution in [3.05, 3.63) is 59.7 Å². The lowest BCUT2D eigenvalue weighted by atomic mass is 9.69. The number of phenolic OH excluding ortho intramolecular Hbond substituents is 2. The van der Waals surface area contributed by atoms with E-state index < -0.39 is 0 Å². The van der Waals surface area contributed by atoms with Crippen molar-refractivity contribution in [2.75, 3.05) is 0 Å². The van der Waals surface area contributed by atoms with E-state index in [1.54, 1.807) is 0 Å². The molecule has 2 heteroatoms. The molecule has 2 aromatic carbocycles. The van der Waals surface area contributed by atoms with Crippen LogP contribution in [0, 0.1) is 11.3 Å². The normalized spacial score (nSPS) is 21.7. The predicted molar refractivity (Wildman–Crippen MR) is 112 cm³/mol. The summed E-state index contributed by atoms with van der Waals surface area (Å²) in [5.74, 6) is 2.60. The maximum Gasteiger partial charge on any atom is 0.115 e. The molecule has 1 fully saturated rings. The van der Waals surface area contributed by atoms with E-state index in [2.05, 4.69) is 45.0 Å². The molecule has 2 N–H and O–H groups in total. The first-order valence-electron chi connectivity index (χ1n) is 10.4. The molecule has 1 unspecified atom stereocenters. The van der Waals surface area contributed by atoms with Gasteiger partial charge in [0.05, 0.1) is 0 Å². The minimum absolute atomic E-state index is 0.346. The van der Waals surface area contributed by atoms with Gasteiger partial charge in [0, 0.05) is 0 Å². The molecule has 2 aromatic rings. The molecule has 0 amide bonds. The van der Waals surface area contributed by atoms with Gasteiger partial charge in [-0.05, 0) is 97.1 Å². The zero-order chi connectivity index (χ0) is 19.4. The fourth-order valence-electron chi connectivity index (χ4n) is 4.59. The topological polar surface area (TPSA) is 40.5 Å². The van der Waals surface area contributed by atoms with Crippen molar-refractivity contribution in [2.24, 2.45) is 11.3 Å². The second-order valence-corrected chi connectivity index (χ2v) is 9.50. The zero-order valence-corrected chi connectivity index (χ0v) is 17.0. The van der Waals surface area contributed by atoms with Gasteiger partial charge in [-0.25, -0.2) is 0 Å². The molecule has 0 aliphatic heterocycles. The third-order valence-electron chi connectivity index (χ3n) is 6.23. The minimum atomic E-state index is 0.346. The summed E-state index contributed by atoms with van der Waals surface area (Å²) in [4.78, 5) is 0. The first-order valence-corrected chi connectivity index (χ1v) is 10.4. The van der Waals surface area contributed by atoms with E-state index in [4.69, 9.17) is 0 Å². The van der Waals surface area contributed by atoms with Crippen LogP contribution in [-0.4, -0.2) is 10.2 Å². The Labute approximate surface area is 164 Å². The van der Waals surface area contributed by atoms with Gasteiger partial charge < -0.3 is 10.2 Å². The van der Waals surface area contributed by atoms with Crippen molar-refractivity contribution in [2.45, 2.75) is 71.1 Å². The Morgan fingerprint density at radius 1 is 0.815 bits per heavy atom. The molecular weight excluding hydrogens is 332 g/mol. The molecule has 0 aromatic heterocycles. The van der Waals surface area contributed by atoms with Crippen LogP contribution in [0.15, 0.2) is 48.5 Å². The van der Waals surface area contributed by atoms with Crippen LogP contribution >= 0.6 is 0 Å². The molecule has 0 heterocycles. The maximum absolute atomic E-state index is 9.67. The van der Waals surface area contributed by atoms with Crippen molar-refractivity contribution in [1.29, 1.82) is 0 Å². The third-order valence-corrected chi connectivity index (χ3v) is 6.23. The lowest BCUT2D eigenvalue weighted by Crippen LogP contribution is -2.21. The van der Waals surface area contributed by atoms with Crippen LogP contribution in [0.25, 0.3) is 0 Å². The summed E-state index contributed by atoms with van der Waals surface area (Å²) in [6.45, 7) is 6.97. The molecule has 1 saturated carbocycles. The molecule has 27 heavy (non-hydrogen) atoms. The fourth-order valence-corrected chi connectivity index (χ4v) is 4.59. The van der Waals surface area contributed by atoms with Gasteiger partial charge in [0.25, 0.3) is 0 Å². The lowest BCUT2D eigenvalue weighted by molar-refractivity contribution is 0.247. The predicted octanol–water partition coefficient (Wildman–Crippen LogP) is 6.98. The van der Waals surface area contributed by atoms with Gasteiger partial charge in [-0.15, -0.1) is 0 Å². The van der Waals surface area contributed by atoms with Crippen molar-refractivity contribution >= 4 is 0 Å². The summed E-state index contributed by atoms with van der Waals surface area (Å²) >= 11 is 0. The Kier molecular flexibility index (Phi) is 6.14. The monoisotopic (exact) mass is 366 g/mol. The van der Waals surface area contributed by atoms with E-state index >= 15 is 0 Å². The first kappa shape index (κ1) is 19.8. The molecule has 2 nitrogen and oxygen atoms in total. The average molecular weight is 367 g/mol. The minimum Gasteiger partial charge on any atom is -0.508 e. The standard InChI is InChI=1S/C25H34O2/c1-25(2,3)17-16-24(21-10-14-23(27)15-11-21)20-6-4-18(5-7-20)19-8-12-22(26)13-9-19/h8-15,18,20,24,26-27H,4-7,16-17H2,1-3H3. The molecule has 1 aliphatic carbocycles. The van der Waals surface area contributed by atoms with Crippen molar-refractivity contribution in [3.63, 3.8) is 0 Å². The summed E-state index contributed by atoms with van der Waals surface area (Å²) in [6.07, 6.45) is 7.38. The highest BCUT2D eigenvalue weighted by Crippen LogP contribution is 2.45. The summed E-state index contributed by atoms with van der Waals surface area (Å²) in [7, 11) is 0. The number of hydrogen-bond donors (Lipinski definition) is 2. The highest BCUT2D eigenvalue weighted by molar-refractivity contribution is 5.30. The van der Waals surface area contributed by atoms with Gasteiger partial charge >= 0.3 is 0 Å². The van der Waals surface area contributed by atoms with E-state index in [1.165, 1.54) is 49.7 Å². The van der Waals surface area contributed by atoms with Gasteiger partial charge in [-0.1, -0.05) is 45.0 Å². The van der Waals surface area contributed by atoms with Crippen LogP contribution in [0.4, 0.5) is 0 Å². The Morgan fingerprint density at radius 2 is 1.33 bits per heavy atom. The number of hydrogen-bond acceptors (Lipinski definition) is 2. The first-order chi connectivity index (χ1) is 12.8. The number of phenols is 2. The lowest BCUT2D eigenvalue weighted by Gasteiger charge is -2.35. The van der Waals surface area contributed by atoms with Crippen LogP contribution in [-0.2, 0) is 0 Å². The van der Waals surface area contributed by atoms with Gasteiger partial charge in [0.2, 0.25) is 0 Å². The smallest absolute Gasteiger partial charge is 0.115 e. The average Bonchev–Trinajstić information content (AvgIpc) is 2.64. The van der Waals surface area contributed by atoms with Crippen LogP contribution in [0.3, 0.4) is 0 Å². The largest absolute Gasteiger partial charge is 0.508 e. The Morgan fingerprint density at radius 3 is 1.85 bits per heavy atom.